The Morgan fingerprint density at radius 3 is 2.58 bits per heavy atom. The third-order valence-electron chi connectivity index (χ3n) is 6.03. The summed E-state index contributed by atoms with van der Waals surface area (Å²) in [4.78, 5) is 39.8. The number of hydrogen-bond donors (Lipinski definition) is 1. The Labute approximate surface area is 191 Å². The number of ketones is 1. The van der Waals surface area contributed by atoms with Gasteiger partial charge in [0.1, 0.15) is 17.1 Å². The van der Waals surface area contributed by atoms with Gasteiger partial charge in [-0.1, -0.05) is 13.8 Å². The zero-order valence-corrected chi connectivity index (χ0v) is 19.0. The molecule has 1 unspecified atom stereocenters. The highest BCUT2D eigenvalue weighted by molar-refractivity contribution is 6.04. The fourth-order valence-corrected chi connectivity index (χ4v) is 4.35. The minimum absolute atomic E-state index is 0.0252. The van der Waals surface area contributed by atoms with Crippen LogP contribution in [-0.4, -0.2) is 22.3 Å². The van der Waals surface area contributed by atoms with Gasteiger partial charge in [0.25, 0.3) is 11.5 Å². The summed E-state index contributed by atoms with van der Waals surface area (Å²) in [6.45, 7) is 5.77. The predicted molar refractivity (Wildman–Crippen MR) is 122 cm³/mol. The molecule has 0 spiro atoms. The number of hydrogen-bond acceptors (Lipinski definition) is 4. The summed E-state index contributed by atoms with van der Waals surface area (Å²) in [5, 5.41) is 2.91. The highest BCUT2D eigenvalue weighted by Gasteiger charge is 2.36. The van der Waals surface area contributed by atoms with Gasteiger partial charge in [0.05, 0.1) is 6.26 Å². The maximum absolute atomic E-state index is 13.5. The van der Waals surface area contributed by atoms with Gasteiger partial charge in [0, 0.05) is 36.3 Å². The summed E-state index contributed by atoms with van der Waals surface area (Å²) in [6, 6.07) is 8.85. The maximum Gasteiger partial charge on any atom is 0.268 e. The number of halogens is 1. The van der Waals surface area contributed by atoms with E-state index in [2.05, 4.69) is 5.32 Å². The Morgan fingerprint density at radius 1 is 1.18 bits per heavy atom. The lowest BCUT2D eigenvalue weighted by Gasteiger charge is -2.32. The second kappa shape index (κ2) is 8.81. The topological polar surface area (TPSA) is 81.3 Å². The van der Waals surface area contributed by atoms with Crippen molar-refractivity contribution in [1.82, 2.24) is 9.88 Å². The second-order valence-corrected chi connectivity index (χ2v) is 9.48. The summed E-state index contributed by atoms with van der Waals surface area (Å²) in [7, 11) is 0. The second-order valence-electron chi connectivity index (χ2n) is 9.48. The molecule has 0 aliphatic heterocycles. The van der Waals surface area contributed by atoms with Crippen LogP contribution in [0, 0.1) is 11.2 Å². The number of furan rings is 1. The van der Waals surface area contributed by atoms with Gasteiger partial charge in [-0.05, 0) is 67.1 Å². The number of rotatable bonds is 6. The number of aromatic nitrogens is 1. The molecule has 1 amide bonds. The number of aryl methyl sites for hydroxylation is 1. The van der Waals surface area contributed by atoms with Crippen molar-refractivity contribution < 1.29 is 18.4 Å². The van der Waals surface area contributed by atoms with E-state index in [-0.39, 0.29) is 22.8 Å². The summed E-state index contributed by atoms with van der Waals surface area (Å²) in [5.74, 6) is -0.243. The van der Waals surface area contributed by atoms with Crippen molar-refractivity contribution in [2.24, 2.45) is 5.41 Å². The molecule has 1 aliphatic carbocycles. The molecule has 1 aromatic carbocycles. The van der Waals surface area contributed by atoms with E-state index in [0.29, 0.717) is 42.5 Å². The molecule has 172 valence electrons. The van der Waals surface area contributed by atoms with Crippen LogP contribution in [0.5, 0.6) is 0 Å². The van der Waals surface area contributed by atoms with Crippen molar-refractivity contribution in [3.05, 3.63) is 87.5 Å². The van der Waals surface area contributed by atoms with Gasteiger partial charge >= 0.3 is 0 Å². The molecule has 2 heterocycles. The Balaban J connectivity index is 1.73. The van der Waals surface area contributed by atoms with E-state index < -0.39 is 17.3 Å². The number of nitrogens with zero attached hydrogens (tertiary/aromatic N) is 1. The summed E-state index contributed by atoms with van der Waals surface area (Å²) in [5.41, 5.74) is 0.325. The van der Waals surface area contributed by atoms with Gasteiger partial charge in [0.15, 0.2) is 5.78 Å². The molecular formula is C26H27FN2O4. The average Bonchev–Trinajstić information content (AvgIpc) is 3.25. The Morgan fingerprint density at radius 2 is 1.91 bits per heavy atom. The summed E-state index contributed by atoms with van der Waals surface area (Å²) < 4.78 is 20.0. The molecule has 33 heavy (non-hydrogen) atoms. The number of pyridine rings is 1. The number of nitrogens with one attached hydrogen (secondary N) is 1. The minimum atomic E-state index is -0.526. The zero-order chi connectivity index (χ0) is 23.8. The lowest BCUT2D eigenvalue weighted by molar-refractivity contribution is 0.0907. The Hall–Kier alpha value is -3.48. The minimum Gasteiger partial charge on any atom is -0.469 e. The first-order valence-electron chi connectivity index (χ1n) is 11.1. The normalized spacial score (nSPS) is 15.7. The Bertz CT molecular complexity index is 1240. The molecule has 0 fully saturated rings. The lowest BCUT2D eigenvalue weighted by atomic mass is 9.73. The fraction of sp³-hybridized carbons (Fsp3) is 0.346. The standard InChI is InChI=1S/C26H27FN2O4/c1-16(6-11-19-5-4-12-33-19)28-24(31)23-20-13-26(2,3)14-22(30)21(20)15-29(25(23)32)18-9-7-17(27)8-10-18/h4-5,7-10,12,15-16H,6,11,13-14H2,1-3H3,(H,28,31). The first kappa shape index (κ1) is 22.7. The molecule has 0 bridgehead atoms. The molecule has 0 saturated carbocycles. The average molecular weight is 451 g/mol. The fourth-order valence-electron chi connectivity index (χ4n) is 4.35. The molecule has 7 heteroatoms. The Kier molecular flexibility index (Phi) is 6.06. The number of benzene rings is 1. The van der Waals surface area contributed by atoms with Crippen molar-refractivity contribution in [2.45, 2.75) is 52.5 Å². The molecule has 3 aromatic rings. The molecule has 6 nitrogen and oxygen atoms in total. The van der Waals surface area contributed by atoms with Gasteiger partial charge < -0.3 is 9.73 Å². The number of amides is 1. The van der Waals surface area contributed by atoms with E-state index in [4.69, 9.17) is 4.42 Å². The molecule has 1 aliphatic rings. The lowest BCUT2D eigenvalue weighted by Crippen LogP contribution is -2.41. The molecule has 1 N–H and O–H groups in total. The van der Waals surface area contributed by atoms with Crippen LogP contribution in [-0.2, 0) is 12.8 Å². The predicted octanol–water partition coefficient (Wildman–Crippen LogP) is 4.48. The first-order chi connectivity index (χ1) is 15.6. The van der Waals surface area contributed by atoms with Crippen LogP contribution in [0.25, 0.3) is 5.69 Å². The van der Waals surface area contributed by atoms with E-state index in [1.807, 2.05) is 32.9 Å². The van der Waals surface area contributed by atoms with Crippen LogP contribution in [0.3, 0.4) is 0 Å². The maximum atomic E-state index is 13.5. The van der Waals surface area contributed by atoms with E-state index >= 15 is 0 Å². The molecular weight excluding hydrogens is 423 g/mol. The van der Waals surface area contributed by atoms with Crippen LogP contribution in [0.4, 0.5) is 4.39 Å². The monoisotopic (exact) mass is 450 g/mol. The highest BCUT2D eigenvalue weighted by Crippen LogP contribution is 2.35. The number of carbonyl (C=O) groups is 2. The van der Waals surface area contributed by atoms with Gasteiger partial charge in [0.2, 0.25) is 0 Å². The largest absolute Gasteiger partial charge is 0.469 e. The molecule has 0 saturated heterocycles. The number of Topliss-reactive ketones (excluding diaryl/α,β-unsaturated/α-hetero) is 1. The molecule has 4 rings (SSSR count). The molecule has 1 atom stereocenters. The number of fused-ring (bicyclic) bond motifs is 1. The zero-order valence-electron chi connectivity index (χ0n) is 19.0. The van der Waals surface area contributed by atoms with Crippen LogP contribution in [0.15, 0.2) is 58.1 Å². The van der Waals surface area contributed by atoms with E-state index in [1.54, 1.807) is 6.26 Å². The van der Waals surface area contributed by atoms with Gasteiger partial charge in [-0.25, -0.2) is 4.39 Å². The van der Waals surface area contributed by atoms with Crippen molar-refractivity contribution in [1.29, 1.82) is 0 Å². The van der Waals surface area contributed by atoms with Gasteiger partial charge in [-0.3, -0.25) is 19.0 Å². The van der Waals surface area contributed by atoms with Gasteiger partial charge in [-0.15, -0.1) is 0 Å². The molecule has 0 radical (unpaired) electrons. The quantitative estimate of drug-likeness (QED) is 0.601. The highest BCUT2D eigenvalue weighted by atomic mass is 19.1. The van der Waals surface area contributed by atoms with E-state index in [9.17, 15) is 18.8 Å². The third kappa shape index (κ3) is 4.82. The van der Waals surface area contributed by atoms with Gasteiger partial charge in [-0.2, -0.15) is 0 Å². The SMILES string of the molecule is CC(CCc1ccco1)NC(=O)c1c2c(cn(-c3ccc(F)cc3)c1=O)C(=O)CC(C)(C)C2. The smallest absolute Gasteiger partial charge is 0.268 e. The first-order valence-corrected chi connectivity index (χ1v) is 11.1. The van der Waals surface area contributed by atoms with Crippen molar-refractivity contribution in [3.8, 4) is 5.69 Å². The van der Waals surface area contributed by atoms with Crippen LogP contribution >= 0.6 is 0 Å². The molecule has 2 aromatic heterocycles. The van der Waals surface area contributed by atoms with Crippen LogP contribution in [0.1, 0.15) is 65.7 Å². The van der Waals surface area contributed by atoms with E-state index in [0.717, 1.165) is 5.76 Å². The summed E-state index contributed by atoms with van der Waals surface area (Å²) >= 11 is 0. The summed E-state index contributed by atoms with van der Waals surface area (Å²) in [6.07, 6.45) is 5.13. The third-order valence-corrected chi connectivity index (χ3v) is 6.03. The van der Waals surface area contributed by atoms with Crippen molar-refractivity contribution in [3.63, 3.8) is 0 Å². The van der Waals surface area contributed by atoms with Crippen molar-refractivity contribution >= 4 is 11.7 Å². The number of carbonyl (C=O) groups excluding carboxylic acids is 2. The van der Waals surface area contributed by atoms with E-state index in [1.165, 1.54) is 35.0 Å². The van der Waals surface area contributed by atoms with Crippen molar-refractivity contribution in [2.75, 3.05) is 0 Å². The van der Waals surface area contributed by atoms with Crippen LogP contribution < -0.4 is 10.9 Å². The van der Waals surface area contributed by atoms with Crippen LogP contribution in [0.2, 0.25) is 0 Å².